The molecule has 1 aliphatic rings. The van der Waals surface area contributed by atoms with Crippen LogP contribution in [0.4, 0.5) is 5.69 Å². The second-order valence-electron chi connectivity index (χ2n) is 6.76. The highest BCUT2D eigenvalue weighted by molar-refractivity contribution is 7.99. The smallest absolute Gasteiger partial charge is 0.227 e. The highest BCUT2D eigenvalue weighted by atomic mass is 32.2. The number of hydrogen-bond donors (Lipinski definition) is 1. The molecular formula is C22H23N3OS. The predicted molar refractivity (Wildman–Crippen MR) is 113 cm³/mol. The van der Waals surface area contributed by atoms with Crippen molar-refractivity contribution in [2.24, 2.45) is 0 Å². The van der Waals surface area contributed by atoms with Crippen molar-refractivity contribution < 1.29 is 4.79 Å². The molecular weight excluding hydrogens is 354 g/mol. The number of pyridine rings is 1. The third kappa shape index (κ3) is 4.61. The van der Waals surface area contributed by atoms with Crippen LogP contribution in [0, 0.1) is 0 Å². The Morgan fingerprint density at radius 2 is 1.81 bits per heavy atom. The molecule has 1 amide bonds. The summed E-state index contributed by atoms with van der Waals surface area (Å²) in [4.78, 5) is 18.8. The lowest BCUT2D eigenvalue weighted by atomic mass is 10.1. The van der Waals surface area contributed by atoms with E-state index in [4.69, 9.17) is 0 Å². The Kier molecular flexibility index (Phi) is 5.58. The van der Waals surface area contributed by atoms with Crippen molar-refractivity contribution in [1.82, 2.24) is 9.88 Å². The van der Waals surface area contributed by atoms with Crippen LogP contribution in [0.2, 0.25) is 0 Å². The highest BCUT2D eigenvalue weighted by Gasteiger charge is 2.16. The van der Waals surface area contributed by atoms with Crippen molar-refractivity contribution in [1.29, 1.82) is 0 Å². The van der Waals surface area contributed by atoms with Gasteiger partial charge in [0.05, 0.1) is 11.9 Å². The molecule has 4 rings (SSSR count). The quantitative estimate of drug-likeness (QED) is 0.731. The van der Waals surface area contributed by atoms with Crippen molar-refractivity contribution in [3.63, 3.8) is 0 Å². The van der Waals surface area contributed by atoms with E-state index in [9.17, 15) is 4.79 Å². The number of hydrogen-bond acceptors (Lipinski definition) is 4. The Hall–Kier alpha value is -2.53. The van der Waals surface area contributed by atoms with E-state index in [2.05, 4.69) is 22.4 Å². The summed E-state index contributed by atoms with van der Waals surface area (Å²) in [7, 11) is 0. The number of fused-ring (bicyclic) bond motifs is 1. The molecule has 1 aromatic heterocycles. The standard InChI is InChI=1S/C22H23N3OS/c26-22(25-9-11-27-12-10-25)14-17-5-7-20(8-6-17)23-15-18-13-19-3-1-2-4-21(19)24-16-18/h1-8,13,16,23H,9-12,14-15H2. The van der Waals surface area contributed by atoms with E-state index in [-0.39, 0.29) is 5.91 Å². The Morgan fingerprint density at radius 3 is 2.63 bits per heavy atom. The van der Waals surface area contributed by atoms with Crippen LogP contribution in [0.5, 0.6) is 0 Å². The van der Waals surface area contributed by atoms with Crippen LogP contribution in [0.3, 0.4) is 0 Å². The maximum Gasteiger partial charge on any atom is 0.227 e. The number of benzene rings is 2. The van der Waals surface area contributed by atoms with Gasteiger partial charge in [0.15, 0.2) is 0 Å². The largest absolute Gasteiger partial charge is 0.381 e. The summed E-state index contributed by atoms with van der Waals surface area (Å²) in [5.41, 5.74) is 4.28. The molecule has 2 aromatic carbocycles. The molecule has 5 heteroatoms. The van der Waals surface area contributed by atoms with Crippen molar-refractivity contribution in [3.8, 4) is 0 Å². The fourth-order valence-electron chi connectivity index (χ4n) is 3.26. The normalized spacial score (nSPS) is 14.3. The van der Waals surface area contributed by atoms with Crippen molar-refractivity contribution >= 4 is 34.3 Å². The van der Waals surface area contributed by atoms with Gasteiger partial charge in [0.1, 0.15) is 0 Å². The molecule has 1 aliphatic heterocycles. The van der Waals surface area contributed by atoms with Crippen LogP contribution in [-0.4, -0.2) is 40.4 Å². The number of nitrogens with one attached hydrogen (secondary N) is 1. The molecule has 0 aliphatic carbocycles. The highest BCUT2D eigenvalue weighted by Crippen LogP contribution is 2.16. The first-order chi connectivity index (χ1) is 13.3. The topological polar surface area (TPSA) is 45.2 Å². The van der Waals surface area contributed by atoms with Crippen molar-refractivity contribution in [2.45, 2.75) is 13.0 Å². The van der Waals surface area contributed by atoms with E-state index in [1.165, 1.54) is 0 Å². The number of carbonyl (C=O) groups is 1. The van der Waals surface area contributed by atoms with Gasteiger partial charge in [-0.05, 0) is 35.4 Å². The Labute approximate surface area is 164 Å². The minimum Gasteiger partial charge on any atom is -0.381 e. The monoisotopic (exact) mass is 377 g/mol. The number of thioether (sulfide) groups is 1. The maximum absolute atomic E-state index is 12.4. The molecule has 0 bridgehead atoms. The van der Waals surface area contributed by atoms with Crippen molar-refractivity contribution in [2.75, 3.05) is 29.9 Å². The number of anilines is 1. The van der Waals surface area contributed by atoms with Crippen molar-refractivity contribution in [3.05, 3.63) is 71.9 Å². The number of nitrogens with zero attached hydrogens (tertiary/aromatic N) is 2. The van der Waals surface area contributed by atoms with E-state index < -0.39 is 0 Å². The molecule has 3 aromatic rings. The second kappa shape index (κ2) is 8.44. The predicted octanol–water partition coefficient (Wildman–Crippen LogP) is 3.96. The lowest BCUT2D eigenvalue weighted by molar-refractivity contribution is -0.130. The van der Waals surface area contributed by atoms with Crippen LogP contribution in [0.25, 0.3) is 10.9 Å². The fraction of sp³-hybridized carbons (Fsp3) is 0.273. The number of para-hydroxylation sites is 1. The third-order valence-corrected chi connectivity index (χ3v) is 5.76. The zero-order valence-electron chi connectivity index (χ0n) is 15.2. The van der Waals surface area contributed by atoms with Gasteiger partial charge >= 0.3 is 0 Å². The molecule has 0 radical (unpaired) electrons. The number of carbonyl (C=O) groups excluding carboxylic acids is 1. The van der Waals surface area contributed by atoms with Crippen LogP contribution >= 0.6 is 11.8 Å². The molecule has 138 valence electrons. The first kappa shape index (κ1) is 17.9. The van der Waals surface area contributed by atoms with E-state index in [0.717, 1.165) is 58.9 Å². The first-order valence-electron chi connectivity index (χ1n) is 9.30. The molecule has 27 heavy (non-hydrogen) atoms. The molecule has 0 unspecified atom stereocenters. The average Bonchev–Trinajstić information content (AvgIpc) is 2.74. The molecule has 0 saturated carbocycles. The zero-order chi connectivity index (χ0) is 18.5. The fourth-order valence-corrected chi connectivity index (χ4v) is 4.16. The van der Waals surface area contributed by atoms with E-state index in [1.54, 1.807) is 0 Å². The summed E-state index contributed by atoms with van der Waals surface area (Å²) in [6, 6.07) is 18.5. The third-order valence-electron chi connectivity index (χ3n) is 4.82. The molecule has 2 heterocycles. The van der Waals surface area contributed by atoms with Gasteiger partial charge in [-0.2, -0.15) is 11.8 Å². The van der Waals surface area contributed by atoms with Gasteiger partial charge in [0.2, 0.25) is 5.91 Å². The van der Waals surface area contributed by atoms with Crippen LogP contribution in [0.15, 0.2) is 60.8 Å². The second-order valence-corrected chi connectivity index (χ2v) is 7.98. The van der Waals surface area contributed by atoms with Crippen LogP contribution < -0.4 is 5.32 Å². The Bertz CT molecular complexity index is 920. The van der Waals surface area contributed by atoms with E-state index in [1.807, 2.05) is 65.3 Å². The summed E-state index contributed by atoms with van der Waals surface area (Å²) in [5.74, 6) is 2.34. The number of amides is 1. The van der Waals surface area contributed by atoms with E-state index >= 15 is 0 Å². The lowest BCUT2D eigenvalue weighted by Crippen LogP contribution is -2.38. The summed E-state index contributed by atoms with van der Waals surface area (Å²) in [6.07, 6.45) is 2.40. The minimum atomic E-state index is 0.234. The minimum absolute atomic E-state index is 0.234. The molecule has 1 saturated heterocycles. The summed E-state index contributed by atoms with van der Waals surface area (Å²) >= 11 is 1.92. The van der Waals surface area contributed by atoms with Gasteiger partial charge in [0.25, 0.3) is 0 Å². The van der Waals surface area contributed by atoms with Gasteiger partial charge in [-0.1, -0.05) is 30.3 Å². The summed E-state index contributed by atoms with van der Waals surface area (Å²) in [6.45, 7) is 2.48. The zero-order valence-corrected chi connectivity index (χ0v) is 16.0. The summed E-state index contributed by atoms with van der Waals surface area (Å²) < 4.78 is 0. The Balaban J connectivity index is 1.33. The lowest BCUT2D eigenvalue weighted by Gasteiger charge is -2.26. The van der Waals surface area contributed by atoms with Gasteiger partial charge < -0.3 is 10.2 Å². The van der Waals surface area contributed by atoms with Gasteiger partial charge in [-0.15, -0.1) is 0 Å². The number of rotatable bonds is 5. The first-order valence-corrected chi connectivity index (χ1v) is 10.5. The van der Waals surface area contributed by atoms with Gasteiger partial charge in [0, 0.05) is 48.4 Å². The molecule has 0 atom stereocenters. The van der Waals surface area contributed by atoms with Crippen LogP contribution in [0.1, 0.15) is 11.1 Å². The molecule has 4 nitrogen and oxygen atoms in total. The number of aromatic nitrogens is 1. The van der Waals surface area contributed by atoms with Gasteiger partial charge in [-0.25, -0.2) is 0 Å². The molecule has 0 spiro atoms. The molecule has 1 fully saturated rings. The average molecular weight is 378 g/mol. The SMILES string of the molecule is O=C(Cc1ccc(NCc2cnc3ccccc3c2)cc1)N1CCSCC1. The summed E-state index contributed by atoms with van der Waals surface area (Å²) in [5, 5.41) is 4.59. The van der Waals surface area contributed by atoms with Crippen LogP contribution in [-0.2, 0) is 17.8 Å². The maximum atomic E-state index is 12.4. The van der Waals surface area contributed by atoms with E-state index in [0.29, 0.717) is 6.42 Å². The van der Waals surface area contributed by atoms with Gasteiger partial charge in [-0.3, -0.25) is 9.78 Å². The Morgan fingerprint density at radius 1 is 1.04 bits per heavy atom. The molecule has 1 N–H and O–H groups in total.